The summed E-state index contributed by atoms with van der Waals surface area (Å²) >= 11 is 0. The van der Waals surface area contributed by atoms with Gasteiger partial charge >= 0.3 is 12.1 Å². The average Bonchev–Trinajstić information content (AvgIpc) is 3.37. The number of nitrogens with two attached hydrogens (primary N) is 1. The molecule has 0 spiro atoms. The van der Waals surface area contributed by atoms with E-state index in [0.717, 1.165) is 30.4 Å². The summed E-state index contributed by atoms with van der Waals surface area (Å²) in [5.41, 5.74) is 7.65. The maximum absolute atomic E-state index is 13.0. The Bertz CT molecular complexity index is 949. The second-order valence-corrected chi connectivity index (χ2v) is 9.73. The van der Waals surface area contributed by atoms with Crippen LogP contribution in [-0.2, 0) is 32.3 Å². The molecule has 1 heterocycles. The number of benzene rings is 1. The van der Waals surface area contributed by atoms with Crippen molar-refractivity contribution in [3.05, 3.63) is 35.4 Å². The van der Waals surface area contributed by atoms with Crippen molar-refractivity contribution in [2.45, 2.75) is 89.6 Å². The van der Waals surface area contributed by atoms with Crippen LogP contribution in [0.3, 0.4) is 0 Å². The lowest BCUT2D eigenvalue weighted by molar-refractivity contribution is -0.192. The smallest absolute Gasteiger partial charge is 0.475 e. The summed E-state index contributed by atoms with van der Waals surface area (Å²) in [5.74, 6) is -2.71. The first kappa shape index (κ1) is 31.1. The Morgan fingerprint density at radius 1 is 1.03 bits per heavy atom. The van der Waals surface area contributed by atoms with Gasteiger partial charge in [-0.25, -0.2) is 4.79 Å². The Balaban J connectivity index is 0.000000638. The Kier molecular flexibility index (Phi) is 12.0. The fourth-order valence-electron chi connectivity index (χ4n) is 4.67. The lowest BCUT2D eigenvalue weighted by atomic mass is 9.87. The molecule has 2 unspecified atom stereocenters. The van der Waals surface area contributed by atoms with Crippen molar-refractivity contribution in [1.82, 2.24) is 15.5 Å². The van der Waals surface area contributed by atoms with Crippen molar-refractivity contribution in [2.75, 3.05) is 6.54 Å². The normalized spacial score (nSPS) is 18.7. The van der Waals surface area contributed by atoms with Gasteiger partial charge in [0.05, 0.1) is 0 Å². The largest absolute Gasteiger partial charge is 0.490 e. The molecule has 0 aromatic heterocycles. The molecule has 9 nitrogen and oxygen atoms in total. The zero-order chi connectivity index (χ0) is 28.3. The molecular formula is C26H37F3N4O5. The molecule has 0 radical (unpaired) electrons. The van der Waals surface area contributed by atoms with Crippen molar-refractivity contribution in [2.24, 2.45) is 11.7 Å². The summed E-state index contributed by atoms with van der Waals surface area (Å²) in [6.45, 7) is 3.16. The van der Waals surface area contributed by atoms with Gasteiger partial charge in [-0.15, -0.1) is 0 Å². The molecule has 12 heteroatoms. The first-order chi connectivity index (χ1) is 17.9. The number of nitrogens with zero attached hydrogens (tertiary/aromatic N) is 1. The van der Waals surface area contributed by atoms with E-state index in [1.165, 1.54) is 19.3 Å². The van der Waals surface area contributed by atoms with E-state index < -0.39 is 24.2 Å². The number of carbonyl (C=O) groups is 4. The van der Waals surface area contributed by atoms with Crippen molar-refractivity contribution < 1.29 is 37.5 Å². The van der Waals surface area contributed by atoms with Crippen LogP contribution >= 0.6 is 0 Å². The van der Waals surface area contributed by atoms with Gasteiger partial charge in [-0.05, 0) is 49.7 Å². The number of alkyl halides is 3. The van der Waals surface area contributed by atoms with Crippen LogP contribution in [0.25, 0.3) is 0 Å². The van der Waals surface area contributed by atoms with Crippen LogP contribution in [0, 0.1) is 5.92 Å². The fourth-order valence-corrected chi connectivity index (χ4v) is 4.67. The molecule has 212 valence electrons. The molecule has 1 aliphatic heterocycles. The predicted octanol–water partition coefficient (Wildman–Crippen LogP) is 2.86. The topological polar surface area (TPSA) is 142 Å². The van der Waals surface area contributed by atoms with E-state index in [4.69, 9.17) is 15.6 Å². The van der Waals surface area contributed by atoms with Gasteiger partial charge in [0.1, 0.15) is 12.1 Å². The lowest BCUT2D eigenvalue weighted by Gasteiger charge is -2.28. The molecule has 1 aromatic rings. The van der Waals surface area contributed by atoms with Gasteiger partial charge in [0.2, 0.25) is 17.7 Å². The Morgan fingerprint density at radius 3 is 2.16 bits per heavy atom. The van der Waals surface area contributed by atoms with E-state index in [1.807, 2.05) is 24.3 Å². The van der Waals surface area contributed by atoms with Gasteiger partial charge in [0.25, 0.3) is 0 Å². The molecule has 1 aromatic carbocycles. The molecule has 3 rings (SSSR count). The number of nitrogens with one attached hydrogen (secondary N) is 2. The molecule has 2 atom stereocenters. The zero-order valence-electron chi connectivity index (χ0n) is 21.6. The minimum absolute atomic E-state index is 0.0612. The van der Waals surface area contributed by atoms with Crippen LogP contribution in [0.15, 0.2) is 24.3 Å². The number of hydrogen-bond acceptors (Lipinski definition) is 5. The highest BCUT2D eigenvalue weighted by Gasteiger charge is 2.38. The summed E-state index contributed by atoms with van der Waals surface area (Å²) in [5, 5.41) is 12.9. The molecule has 1 saturated carbocycles. The minimum Gasteiger partial charge on any atom is -0.475 e. The third-order valence-corrected chi connectivity index (χ3v) is 6.75. The second-order valence-electron chi connectivity index (χ2n) is 9.73. The second kappa shape index (κ2) is 14.7. The number of aliphatic carboxylic acids is 1. The van der Waals surface area contributed by atoms with Crippen LogP contribution in [0.2, 0.25) is 0 Å². The number of rotatable bonds is 8. The van der Waals surface area contributed by atoms with Crippen molar-refractivity contribution in [3.63, 3.8) is 0 Å². The maximum atomic E-state index is 13.0. The summed E-state index contributed by atoms with van der Waals surface area (Å²) in [6.07, 6.45) is 2.67. The number of halogens is 3. The van der Waals surface area contributed by atoms with Gasteiger partial charge < -0.3 is 26.4 Å². The number of carboxylic acid groups (broad SMARTS) is 1. The summed E-state index contributed by atoms with van der Waals surface area (Å²) < 4.78 is 31.7. The van der Waals surface area contributed by atoms with E-state index in [0.29, 0.717) is 38.4 Å². The van der Waals surface area contributed by atoms with Crippen molar-refractivity contribution >= 4 is 23.7 Å². The highest BCUT2D eigenvalue weighted by molar-refractivity contribution is 5.92. The molecule has 0 bridgehead atoms. The van der Waals surface area contributed by atoms with Crippen LogP contribution < -0.4 is 16.4 Å². The van der Waals surface area contributed by atoms with Gasteiger partial charge in [0, 0.05) is 26.1 Å². The summed E-state index contributed by atoms with van der Waals surface area (Å²) in [7, 11) is 0. The minimum atomic E-state index is -5.08. The van der Waals surface area contributed by atoms with Gasteiger partial charge in [-0.2, -0.15) is 13.2 Å². The number of amides is 3. The standard InChI is InChI=1S/C24H36N4O3.C2HF3O2/c1-17(27-22(29)14-18-6-3-2-4-7-18)24(31)28-13-5-8-21(28)23(30)26-16-20-11-9-19(15-25)10-12-20;3-2(4,5)1(6)7/h9-12,17-18,21H,2-8,13-16,25H2,1H3,(H,26,30)(H,27,29);(H,6,7). The Morgan fingerprint density at radius 2 is 1.61 bits per heavy atom. The van der Waals surface area contributed by atoms with Crippen LogP contribution in [0.4, 0.5) is 13.2 Å². The van der Waals surface area contributed by atoms with E-state index in [9.17, 15) is 27.6 Å². The third-order valence-electron chi connectivity index (χ3n) is 6.75. The van der Waals surface area contributed by atoms with E-state index >= 15 is 0 Å². The summed E-state index contributed by atoms with van der Waals surface area (Å²) in [4.78, 5) is 48.6. The molecule has 3 amide bonds. The van der Waals surface area contributed by atoms with Crippen LogP contribution in [0.5, 0.6) is 0 Å². The summed E-state index contributed by atoms with van der Waals surface area (Å²) in [6, 6.07) is 6.70. The average molecular weight is 543 g/mol. The molecule has 38 heavy (non-hydrogen) atoms. The van der Waals surface area contributed by atoms with Crippen LogP contribution in [0.1, 0.15) is 69.4 Å². The number of hydrogen-bond donors (Lipinski definition) is 4. The van der Waals surface area contributed by atoms with Gasteiger partial charge in [0.15, 0.2) is 0 Å². The Labute approximate surface area is 220 Å². The quantitative estimate of drug-likeness (QED) is 0.398. The first-order valence-electron chi connectivity index (χ1n) is 12.9. The van der Waals surface area contributed by atoms with Crippen molar-refractivity contribution in [3.8, 4) is 0 Å². The first-order valence-corrected chi connectivity index (χ1v) is 12.9. The maximum Gasteiger partial charge on any atom is 0.490 e. The van der Waals surface area contributed by atoms with Crippen LogP contribution in [-0.4, -0.2) is 58.5 Å². The monoisotopic (exact) mass is 542 g/mol. The number of carboxylic acids is 1. The molecule has 5 N–H and O–H groups in total. The van der Waals surface area contributed by atoms with Crippen molar-refractivity contribution in [1.29, 1.82) is 0 Å². The third kappa shape index (κ3) is 9.96. The highest BCUT2D eigenvalue weighted by Crippen LogP contribution is 2.26. The molecule has 1 saturated heterocycles. The van der Waals surface area contributed by atoms with E-state index in [2.05, 4.69) is 10.6 Å². The molecule has 2 fully saturated rings. The Hall–Kier alpha value is -3.15. The molecule has 1 aliphatic carbocycles. The highest BCUT2D eigenvalue weighted by atomic mass is 19.4. The number of carbonyl (C=O) groups excluding carboxylic acids is 3. The van der Waals surface area contributed by atoms with E-state index in [-0.39, 0.29) is 17.7 Å². The molecular weight excluding hydrogens is 505 g/mol. The SMILES string of the molecule is CC(NC(=O)CC1CCCCC1)C(=O)N1CCCC1C(=O)NCc1ccc(CN)cc1.O=C(O)C(F)(F)F. The number of likely N-dealkylation sites (tertiary alicyclic amines) is 1. The van der Waals surface area contributed by atoms with Gasteiger partial charge in [-0.1, -0.05) is 43.5 Å². The fraction of sp³-hybridized carbons (Fsp3) is 0.615. The zero-order valence-corrected chi connectivity index (χ0v) is 21.6. The van der Waals surface area contributed by atoms with Gasteiger partial charge in [-0.3, -0.25) is 14.4 Å². The predicted molar refractivity (Wildman–Crippen MR) is 133 cm³/mol. The lowest BCUT2D eigenvalue weighted by Crippen LogP contribution is -2.52. The molecule has 2 aliphatic rings. The van der Waals surface area contributed by atoms with E-state index in [1.54, 1.807) is 11.8 Å².